The van der Waals surface area contributed by atoms with E-state index in [1.807, 2.05) is 62.4 Å². The maximum Gasteiger partial charge on any atom is 0.272 e. The van der Waals surface area contributed by atoms with E-state index < -0.39 is 6.04 Å². The molecule has 1 fully saturated rings. The minimum Gasteiger partial charge on any atom is -0.457 e. The summed E-state index contributed by atoms with van der Waals surface area (Å²) in [6.45, 7) is 4.75. The van der Waals surface area contributed by atoms with E-state index >= 15 is 0 Å². The zero-order chi connectivity index (χ0) is 30.5. The van der Waals surface area contributed by atoms with Crippen LogP contribution < -0.4 is 15.8 Å². The van der Waals surface area contributed by atoms with Gasteiger partial charge in [0.2, 0.25) is 17.8 Å². The van der Waals surface area contributed by atoms with Gasteiger partial charge >= 0.3 is 0 Å². The van der Waals surface area contributed by atoms with E-state index in [0.717, 1.165) is 11.1 Å². The van der Waals surface area contributed by atoms with E-state index in [9.17, 15) is 14.4 Å². The van der Waals surface area contributed by atoms with Gasteiger partial charge in [-0.2, -0.15) is 0 Å². The highest BCUT2D eigenvalue weighted by Crippen LogP contribution is 2.26. The fourth-order valence-electron chi connectivity index (χ4n) is 5.31. The molecule has 3 N–H and O–H groups in total. The summed E-state index contributed by atoms with van der Waals surface area (Å²) in [7, 11) is 1.61. The molecular weight excluding hydrogens is 548 g/mol. The second-order valence-corrected chi connectivity index (χ2v) is 11.4. The molecule has 2 atom stereocenters. The molecule has 0 unspecified atom stereocenters. The lowest BCUT2D eigenvalue weighted by atomic mass is 10.0. The van der Waals surface area contributed by atoms with Crippen LogP contribution in [-0.4, -0.2) is 76.3 Å². The molecule has 0 spiro atoms. The van der Waals surface area contributed by atoms with Gasteiger partial charge in [0, 0.05) is 32.3 Å². The fraction of sp³-hybridized carbons (Fsp3) is 0.406. The lowest BCUT2D eigenvalue weighted by molar-refractivity contribution is -0.135. The van der Waals surface area contributed by atoms with Gasteiger partial charge in [0.15, 0.2) is 0 Å². The van der Waals surface area contributed by atoms with Gasteiger partial charge in [-0.1, -0.05) is 38.1 Å². The van der Waals surface area contributed by atoms with E-state index in [4.69, 9.17) is 15.2 Å². The number of rotatable bonds is 2. The Morgan fingerprint density at radius 1 is 1.02 bits per heavy atom. The van der Waals surface area contributed by atoms with Gasteiger partial charge in [-0.25, -0.2) is 9.97 Å². The summed E-state index contributed by atoms with van der Waals surface area (Å²) in [6, 6.07) is 16.5. The third-order valence-corrected chi connectivity index (χ3v) is 7.69. The zero-order valence-electron chi connectivity index (χ0n) is 24.8. The summed E-state index contributed by atoms with van der Waals surface area (Å²) in [5.74, 6) is 0.712. The van der Waals surface area contributed by atoms with Crippen molar-refractivity contribution in [1.82, 2.24) is 25.1 Å². The maximum atomic E-state index is 13.5. The van der Waals surface area contributed by atoms with E-state index in [1.54, 1.807) is 18.0 Å². The number of aromatic nitrogens is 2. The van der Waals surface area contributed by atoms with Crippen molar-refractivity contribution in [3.05, 3.63) is 77.1 Å². The Morgan fingerprint density at radius 3 is 2.49 bits per heavy atom. The smallest absolute Gasteiger partial charge is 0.272 e. The summed E-state index contributed by atoms with van der Waals surface area (Å²) < 4.78 is 12.5. The summed E-state index contributed by atoms with van der Waals surface area (Å²) in [5, 5.41) is 3.03. The molecule has 5 rings (SSSR count). The van der Waals surface area contributed by atoms with Crippen molar-refractivity contribution < 1.29 is 23.9 Å². The number of nitrogen functional groups attached to an aromatic ring is 1. The Morgan fingerprint density at radius 2 is 1.74 bits per heavy atom. The topological polar surface area (TPSA) is 140 Å². The van der Waals surface area contributed by atoms with Crippen LogP contribution in [0.3, 0.4) is 0 Å². The highest BCUT2D eigenvalue weighted by molar-refractivity contribution is 5.93. The Labute approximate surface area is 251 Å². The number of likely N-dealkylation sites (tertiary alicyclic amines) is 1. The van der Waals surface area contributed by atoms with Crippen LogP contribution in [0.1, 0.15) is 59.9 Å². The molecule has 11 nitrogen and oxygen atoms in total. The van der Waals surface area contributed by atoms with Crippen LogP contribution in [0.5, 0.6) is 11.5 Å². The highest BCUT2D eigenvalue weighted by atomic mass is 16.5. The van der Waals surface area contributed by atoms with E-state index in [2.05, 4.69) is 15.3 Å². The first-order valence-electron chi connectivity index (χ1n) is 14.6. The molecule has 0 aliphatic carbocycles. The van der Waals surface area contributed by atoms with E-state index in [-0.39, 0.29) is 60.9 Å². The minimum absolute atomic E-state index is 0.0448. The summed E-state index contributed by atoms with van der Waals surface area (Å²) in [5.41, 5.74) is 8.69. The molecule has 1 aromatic heterocycles. The number of amides is 3. The van der Waals surface area contributed by atoms with Gasteiger partial charge in [-0.15, -0.1) is 0 Å². The molecule has 4 bridgehead atoms. The largest absolute Gasteiger partial charge is 0.457 e. The van der Waals surface area contributed by atoms with Crippen molar-refractivity contribution in [2.75, 3.05) is 32.4 Å². The van der Waals surface area contributed by atoms with Gasteiger partial charge < -0.3 is 30.3 Å². The Balaban J connectivity index is 1.37. The molecule has 11 heteroatoms. The number of nitrogens with two attached hydrogens (primary N) is 1. The van der Waals surface area contributed by atoms with Crippen LogP contribution in [0.2, 0.25) is 0 Å². The molecule has 43 heavy (non-hydrogen) atoms. The van der Waals surface area contributed by atoms with Gasteiger partial charge in [-0.05, 0) is 60.2 Å². The normalized spacial score (nSPS) is 20.0. The number of carbonyl (C=O) groups is 3. The molecule has 0 radical (unpaired) electrons. The monoisotopic (exact) mass is 586 g/mol. The number of aryl methyl sites for hydroxylation is 1. The number of benzene rings is 2. The van der Waals surface area contributed by atoms with Crippen molar-refractivity contribution in [3.63, 3.8) is 0 Å². The van der Waals surface area contributed by atoms with Crippen molar-refractivity contribution in [2.45, 2.75) is 57.8 Å². The number of ether oxygens (including phenoxy) is 2. The number of piperidine rings is 1. The number of carbonyl (C=O) groups excluding carboxylic acids is 3. The summed E-state index contributed by atoms with van der Waals surface area (Å²) in [4.78, 5) is 51.0. The highest BCUT2D eigenvalue weighted by Gasteiger charge is 2.34. The number of hydrogen-bond acceptors (Lipinski definition) is 8. The van der Waals surface area contributed by atoms with Crippen molar-refractivity contribution in [2.24, 2.45) is 0 Å². The van der Waals surface area contributed by atoms with Crippen LogP contribution >= 0.6 is 0 Å². The predicted molar refractivity (Wildman–Crippen MR) is 160 cm³/mol. The van der Waals surface area contributed by atoms with Crippen LogP contribution in [0, 0.1) is 0 Å². The summed E-state index contributed by atoms with van der Waals surface area (Å²) >= 11 is 0. The number of likely N-dealkylation sites (N-methyl/N-ethyl adjacent to an activating group) is 1. The summed E-state index contributed by atoms with van der Waals surface area (Å²) in [6.07, 6.45) is 0.895. The SMILES string of the molecule is CC(C)c1cc(C(=O)N2CC[C@H]3OCc4cccc(c4)Oc4cccc(c4)CCC(=O)N(C)CC(=O)N[C@H]3C2)nc(N)n1. The first-order chi connectivity index (χ1) is 20.6. The van der Waals surface area contributed by atoms with Gasteiger partial charge in [-0.3, -0.25) is 14.4 Å². The minimum atomic E-state index is -0.504. The molecule has 3 aromatic rings. The van der Waals surface area contributed by atoms with Crippen LogP contribution in [0.15, 0.2) is 54.6 Å². The molecule has 2 aromatic carbocycles. The van der Waals surface area contributed by atoms with Crippen molar-refractivity contribution in [3.8, 4) is 11.5 Å². The molecular formula is C32H38N6O5. The number of fused-ring (bicyclic) bond motifs is 5. The molecule has 2 aliphatic rings. The number of nitrogens with zero attached hydrogens (tertiary/aromatic N) is 4. The van der Waals surface area contributed by atoms with Gasteiger partial charge in [0.1, 0.15) is 17.2 Å². The van der Waals surface area contributed by atoms with Gasteiger partial charge in [0.25, 0.3) is 5.91 Å². The van der Waals surface area contributed by atoms with E-state index in [1.165, 1.54) is 4.90 Å². The standard InChI is InChI=1S/C32H38N6O5/c1-20(2)25-16-26(36-32(33)35-25)31(41)38-13-12-28-27(17-38)34-29(39)18-37(3)30(40)11-10-21-6-4-8-23(14-21)43-24-9-5-7-22(15-24)19-42-28/h4-9,14-16,20,27-28H,10-13,17-19H2,1-3H3,(H,34,39)(H2,33,35,36)/t27-,28+/m0/s1. The van der Waals surface area contributed by atoms with Crippen LogP contribution in [-0.2, 0) is 27.4 Å². The number of nitrogens with one attached hydrogen (secondary N) is 1. The number of hydrogen-bond donors (Lipinski definition) is 2. The Hall–Kier alpha value is -4.51. The maximum absolute atomic E-state index is 13.5. The molecule has 3 heterocycles. The van der Waals surface area contributed by atoms with Crippen LogP contribution in [0.25, 0.3) is 0 Å². The Kier molecular flexibility index (Phi) is 9.20. The molecule has 226 valence electrons. The average Bonchev–Trinajstić information content (AvgIpc) is 2.98. The lowest BCUT2D eigenvalue weighted by Gasteiger charge is -2.39. The fourth-order valence-corrected chi connectivity index (χ4v) is 5.31. The van der Waals surface area contributed by atoms with Crippen LogP contribution in [0.4, 0.5) is 5.95 Å². The first kappa shape index (κ1) is 30.0. The third-order valence-electron chi connectivity index (χ3n) is 7.69. The molecule has 3 amide bonds. The number of anilines is 1. The predicted octanol–water partition coefficient (Wildman–Crippen LogP) is 3.30. The van der Waals surface area contributed by atoms with E-state index in [0.29, 0.717) is 43.2 Å². The zero-order valence-corrected chi connectivity index (χ0v) is 24.8. The lowest BCUT2D eigenvalue weighted by Crippen LogP contribution is -2.58. The molecule has 1 saturated heterocycles. The second kappa shape index (κ2) is 13.2. The van der Waals surface area contributed by atoms with Crippen molar-refractivity contribution in [1.29, 1.82) is 0 Å². The van der Waals surface area contributed by atoms with Gasteiger partial charge in [0.05, 0.1) is 25.3 Å². The Bertz CT molecular complexity index is 1490. The third kappa shape index (κ3) is 7.66. The molecule has 2 aliphatic heterocycles. The quantitative estimate of drug-likeness (QED) is 0.466. The second-order valence-electron chi connectivity index (χ2n) is 11.4. The average molecular weight is 587 g/mol. The first-order valence-corrected chi connectivity index (χ1v) is 14.6. The van der Waals surface area contributed by atoms with Crippen molar-refractivity contribution >= 4 is 23.7 Å². The molecule has 0 saturated carbocycles.